The van der Waals surface area contributed by atoms with Gasteiger partial charge in [-0.25, -0.2) is 8.78 Å². The van der Waals surface area contributed by atoms with E-state index >= 15 is 0 Å². The largest absolute Gasteiger partial charge is 0.207 e. The SMILES string of the molecule is CCCCCCCCCc1ccc(C#Cc2ccc(F)cc2F)cc1. The van der Waals surface area contributed by atoms with Gasteiger partial charge < -0.3 is 0 Å². The van der Waals surface area contributed by atoms with Gasteiger partial charge in [-0.15, -0.1) is 0 Å². The van der Waals surface area contributed by atoms with Crippen LogP contribution in [-0.2, 0) is 6.42 Å². The van der Waals surface area contributed by atoms with Crippen molar-refractivity contribution in [1.82, 2.24) is 0 Å². The Bertz CT molecular complexity index is 705. The lowest BCUT2D eigenvalue weighted by atomic mass is 10.0. The molecule has 0 aliphatic carbocycles. The molecule has 0 N–H and O–H groups in total. The van der Waals surface area contributed by atoms with Gasteiger partial charge in [-0.2, -0.15) is 0 Å². The molecular formula is C23H26F2. The zero-order chi connectivity index (χ0) is 17.9. The molecule has 2 heteroatoms. The van der Waals surface area contributed by atoms with Gasteiger partial charge in [0.2, 0.25) is 0 Å². The standard InChI is InChI=1S/C23H26F2/c1-2-3-4-5-6-7-8-9-19-10-12-20(13-11-19)14-15-21-16-17-22(24)18-23(21)25/h10-13,16-18H,2-9H2,1H3. The Balaban J connectivity index is 1.79. The van der Waals surface area contributed by atoms with Crippen molar-refractivity contribution in [2.24, 2.45) is 0 Å². The number of aryl methyl sites for hydroxylation is 1. The van der Waals surface area contributed by atoms with E-state index in [2.05, 4.69) is 30.9 Å². The van der Waals surface area contributed by atoms with E-state index < -0.39 is 11.6 Å². The molecule has 0 aliphatic rings. The summed E-state index contributed by atoms with van der Waals surface area (Å²) >= 11 is 0. The molecule has 2 rings (SSSR count). The quantitative estimate of drug-likeness (QED) is 0.372. The average Bonchev–Trinajstić information content (AvgIpc) is 2.61. The molecule has 0 aliphatic heterocycles. The first kappa shape index (κ1) is 19.2. The number of rotatable bonds is 8. The molecule has 2 aromatic rings. The van der Waals surface area contributed by atoms with Crippen molar-refractivity contribution in [3.63, 3.8) is 0 Å². The lowest BCUT2D eigenvalue weighted by molar-refractivity contribution is 0.581. The number of benzene rings is 2. The molecule has 0 spiro atoms. The summed E-state index contributed by atoms with van der Waals surface area (Å²) in [5, 5.41) is 0. The van der Waals surface area contributed by atoms with Crippen molar-refractivity contribution in [2.45, 2.75) is 58.3 Å². The molecule has 0 saturated carbocycles. The van der Waals surface area contributed by atoms with Gasteiger partial charge in [0.05, 0.1) is 5.56 Å². The van der Waals surface area contributed by atoms with Crippen molar-refractivity contribution in [3.05, 3.63) is 70.8 Å². The number of hydrogen-bond donors (Lipinski definition) is 0. The maximum atomic E-state index is 13.5. The Morgan fingerprint density at radius 2 is 1.44 bits per heavy atom. The molecule has 2 aromatic carbocycles. The third kappa shape index (κ3) is 7.10. The normalized spacial score (nSPS) is 10.4. The molecule has 0 radical (unpaired) electrons. The molecule has 0 unspecified atom stereocenters. The van der Waals surface area contributed by atoms with E-state index in [9.17, 15) is 8.78 Å². The summed E-state index contributed by atoms with van der Waals surface area (Å²) in [6.45, 7) is 2.24. The molecular weight excluding hydrogens is 314 g/mol. The Kier molecular flexibility index (Phi) is 8.19. The fourth-order valence-corrected chi connectivity index (χ4v) is 2.77. The molecule has 0 aromatic heterocycles. The molecule has 0 atom stereocenters. The van der Waals surface area contributed by atoms with Crippen molar-refractivity contribution in [1.29, 1.82) is 0 Å². The van der Waals surface area contributed by atoms with Gasteiger partial charge in [-0.05, 0) is 42.7 Å². The van der Waals surface area contributed by atoms with Crippen molar-refractivity contribution >= 4 is 0 Å². The van der Waals surface area contributed by atoms with Crippen LogP contribution >= 0.6 is 0 Å². The minimum absolute atomic E-state index is 0.216. The highest BCUT2D eigenvalue weighted by Gasteiger charge is 2.00. The summed E-state index contributed by atoms with van der Waals surface area (Å²) < 4.78 is 26.4. The molecule has 132 valence electrons. The topological polar surface area (TPSA) is 0 Å². The first-order valence-corrected chi connectivity index (χ1v) is 9.25. The van der Waals surface area contributed by atoms with E-state index in [0.29, 0.717) is 0 Å². The molecule has 0 amide bonds. The Labute approximate surface area is 150 Å². The van der Waals surface area contributed by atoms with E-state index in [-0.39, 0.29) is 5.56 Å². The average molecular weight is 340 g/mol. The van der Waals surface area contributed by atoms with Crippen LogP contribution in [-0.4, -0.2) is 0 Å². The fourth-order valence-electron chi connectivity index (χ4n) is 2.77. The zero-order valence-corrected chi connectivity index (χ0v) is 15.0. The highest BCUT2D eigenvalue weighted by atomic mass is 19.1. The Hall–Kier alpha value is -2.14. The fraction of sp³-hybridized carbons (Fsp3) is 0.391. The second-order valence-corrected chi connectivity index (χ2v) is 6.44. The van der Waals surface area contributed by atoms with E-state index in [1.165, 1.54) is 62.6 Å². The van der Waals surface area contributed by atoms with Gasteiger partial charge in [0.15, 0.2) is 0 Å². The van der Waals surface area contributed by atoms with Gasteiger partial charge in [0, 0.05) is 11.6 Å². The predicted molar refractivity (Wildman–Crippen MR) is 100 cm³/mol. The van der Waals surface area contributed by atoms with Crippen molar-refractivity contribution in [3.8, 4) is 11.8 Å². The number of halogens is 2. The monoisotopic (exact) mass is 340 g/mol. The minimum atomic E-state index is -0.622. The van der Waals surface area contributed by atoms with Gasteiger partial charge in [-0.1, -0.05) is 69.4 Å². The van der Waals surface area contributed by atoms with Gasteiger partial charge in [0.25, 0.3) is 0 Å². The Morgan fingerprint density at radius 1 is 0.760 bits per heavy atom. The molecule has 0 bridgehead atoms. The van der Waals surface area contributed by atoms with Crippen LogP contribution in [0.4, 0.5) is 8.78 Å². The maximum Gasteiger partial charge on any atom is 0.141 e. The van der Waals surface area contributed by atoms with Crippen LogP contribution in [0.5, 0.6) is 0 Å². The van der Waals surface area contributed by atoms with Crippen LogP contribution in [0.1, 0.15) is 68.6 Å². The van der Waals surface area contributed by atoms with Crippen LogP contribution in [0, 0.1) is 23.5 Å². The minimum Gasteiger partial charge on any atom is -0.207 e. The third-order valence-electron chi connectivity index (χ3n) is 4.30. The van der Waals surface area contributed by atoms with E-state index in [0.717, 1.165) is 18.1 Å². The summed E-state index contributed by atoms with van der Waals surface area (Å²) in [6.07, 6.45) is 10.3. The van der Waals surface area contributed by atoms with Crippen LogP contribution in [0.3, 0.4) is 0 Å². The van der Waals surface area contributed by atoms with Crippen LogP contribution in [0.25, 0.3) is 0 Å². The molecule has 0 heterocycles. The maximum absolute atomic E-state index is 13.5. The van der Waals surface area contributed by atoms with Crippen molar-refractivity contribution < 1.29 is 8.78 Å². The molecule has 0 fully saturated rings. The summed E-state index contributed by atoms with van der Waals surface area (Å²) in [4.78, 5) is 0. The lowest BCUT2D eigenvalue weighted by Crippen LogP contribution is -1.88. The number of hydrogen-bond acceptors (Lipinski definition) is 0. The van der Waals surface area contributed by atoms with E-state index in [4.69, 9.17) is 0 Å². The summed E-state index contributed by atoms with van der Waals surface area (Å²) in [5.41, 5.74) is 2.37. The summed E-state index contributed by atoms with van der Waals surface area (Å²) in [5.74, 6) is 4.49. The highest BCUT2D eigenvalue weighted by molar-refractivity contribution is 5.44. The van der Waals surface area contributed by atoms with E-state index in [1.54, 1.807) is 0 Å². The van der Waals surface area contributed by atoms with Gasteiger partial charge in [0.1, 0.15) is 11.6 Å². The van der Waals surface area contributed by atoms with E-state index in [1.807, 2.05) is 12.1 Å². The highest BCUT2D eigenvalue weighted by Crippen LogP contribution is 2.12. The second kappa shape index (κ2) is 10.7. The second-order valence-electron chi connectivity index (χ2n) is 6.44. The van der Waals surface area contributed by atoms with Crippen molar-refractivity contribution in [2.75, 3.05) is 0 Å². The molecule has 0 nitrogen and oxygen atoms in total. The Morgan fingerprint density at radius 3 is 2.12 bits per heavy atom. The van der Waals surface area contributed by atoms with Gasteiger partial charge >= 0.3 is 0 Å². The first-order valence-electron chi connectivity index (χ1n) is 9.25. The third-order valence-corrected chi connectivity index (χ3v) is 4.30. The van der Waals surface area contributed by atoms with Gasteiger partial charge in [-0.3, -0.25) is 0 Å². The van der Waals surface area contributed by atoms with Crippen LogP contribution in [0.15, 0.2) is 42.5 Å². The lowest BCUT2D eigenvalue weighted by Gasteiger charge is -2.02. The van der Waals surface area contributed by atoms with Crippen LogP contribution < -0.4 is 0 Å². The number of unbranched alkanes of at least 4 members (excludes halogenated alkanes) is 6. The summed E-state index contributed by atoms with van der Waals surface area (Å²) in [6, 6.07) is 11.5. The zero-order valence-electron chi connectivity index (χ0n) is 15.0. The predicted octanol–water partition coefficient (Wildman–Crippen LogP) is 6.66. The smallest absolute Gasteiger partial charge is 0.141 e. The summed E-state index contributed by atoms with van der Waals surface area (Å²) in [7, 11) is 0. The molecule has 0 saturated heterocycles. The first-order chi connectivity index (χ1) is 12.2. The van der Waals surface area contributed by atoms with Crippen LogP contribution in [0.2, 0.25) is 0 Å². The molecule has 25 heavy (non-hydrogen) atoms.